The lowest BCUT2D eigenvalue weighted by molar-refractivity contribution is -0.118. The van der Waals surface area contributed by atoms with Crippen LogP contribution in [0.25, 0.3) is 11.0 Å². The summed E-state index contributed by atoms with van der Waals surface area (Å²) in [6.07, 6.45) is 3.35. The van der Waals surface area contributed by atoms with Crippen LogP contribution in [0.5, 0.6) is 5.75 Å². The van der Waals surface area contributed by atoms with E-state index in [2.05, 4.69) is 10.4 Å². The number of fused-ring (bicyclic) bond motifs is 1. The zero-order chi connectivity index (χ0) is 19.3. The molecule has 0 bridgehead atoms. The highest BCUT2D eigenvalue weighted by atomic mass is 16.5. The van der Waals surface area contributed by atoms with Crippen molar-refractivity contribution < 1.29 is 13.9 Å². The second-order valence-corrected chi connectivity index (χ2v) is 6.20. The number of nitrogens with zero attached hydrogens (tertiary/aromatic N) is 2. The van der Waals surface area contributed by atoms with Crippen LogP contribution in [-0.4, -0.2) is 22.3 Å². The Balaban J connectivity index is 1.34. The number of rotatable bonds is 6. The number of benzene rings is 2. The highest BCUT2D eigenvalue weighted by molar-refractivity contribution is 5.91. The molecule has 1 N–H and O–H groups in total. The molecule has 7 nitrogen and oxygen atoms in total. The standard InChI is InChI=1S/C21H17N3O4/c25-20(14-27-18-8-6-16-7-9-21(26)28-19(16)10-18)23-17-11-22-24(13-17)12-15-4-2-1-3-5-15/h1-11,13H,12,14H2,(H,23,25). The predicted octanol–water partition coefficient (Wildman–Crippen LogP) is 3.06. The van der Waals surface area contributed by atoms with Gasteiger partial charge in [-0.2, -0.15) is 5.10 Å². The lowest BCUT2D eigenvalue weighted by atomic mass is 10.2. The van der Waals surface area contributed by atoms with Gasteiger partial charge in [0.05, 0.1) is 18.4 Å². The summed E-state index contributed by atoms with van der Waals surface area (Å²) in [4.78, 5) is 23.4. The lowest BCUT2D eigenvalue weighted by Gasteiger charge is -2.07. The minimum Gasteiger partial charge on any atom is -0.484 e. The van der Waals surface area contributed by atoms with Crippen molar-refractivity contribution in [3.63, 3.8) is 0 Å². The van der Waals surface area contributed by atoms with Crippen LogP contribution in [0.1, 0.15) is 5.56 Å². The summed E-state index contributed by atoms with van der Waals surface area (Å²) in [7, 11) is 0. The van der Waals surface area contributed by atoms with Crippen LogP contribution in [0.4, 0.5) is 5.69 Å². The summed E-state index contributed by atoms with van der Waals surface area (Å²) >= 11 is 0. The van der Waals surface area contributed by atoms with Gasteiger partial charge < -0.3 is 14.5 Å². The number of carbonyl (C=O) groups excluding carboxylic acids is 1. The average Bonchev–Trinajstić information content (AvgIpc) is 3.13. The van der Waals surface area contributed by atoms with E-state index >= 15 is 0 Å². The second kappa shape index (κ2) is 7.79. The molecule has 0 saturated carbocycles. The van der Waals surface area contributed by atoms with Crippen LogP contribution in [0, 0.1) is 0 Å². The van der Waals surface area contributed by atoms with Crippen molar-refractivity contribution in [3.05, 3.63) is 89.0 Å². The highest BCUT2D eigenvalue weighted by Crippen LogP contribution is 2.19. The normalized spacial score (nSPS) is 10.7. The van der Waals surface area contributed by atoms with Crippen LogP contribution in [0.15, 0.2) is 82.3 Å². The van der Waals surface area contributed by atoms with Crippen LogP contribution in [0.2, 0.25) is 0 Å². The quantitative estimate of drug-likeness (QED) is 0.524. The Morgan fingerprint density at radius 1 is 1.11 bits per heavy atom. The van der Waals surface area contributed by atoms with Crippen LogP contribution in [-0.2, 0) is 11.3 Å². The van der Waals surface area contributed by atoms with Gasteiger partial charge in [-0.25, -0.2) is 4.79 Å². The molecule has 0 aliphatic rings. The van der Waals surface area contributed by atoms with Crippen molar-refractivity contribution in [2.45, 2.75) is 6.54 Å². The van der Waals surface area contributed by atoms with Crippen molar-refractivity contribution in [1.29, 1.82) is 0 Å². The molecule has 2 aromatic carbocycles. The zero-order valence-electron chi connectivity index (χ0n) is 14.9. The number of hydrogen-bond donors (Lipinski definition) is 1. The number of ether oxygens (including phenoxy) is 1. The Hall–Kier alpha value is -3.87. The van der Waals surface area contributed by atoms with Crippen molar-refractivity contribution in [1.82, 2.24) is 9.78 Å². The summed E-state index contributed by atoms with van der Waals surface area (Å²) in [5.41, 5.74) is 1.69. The fraction of sp³-hybridized carbons (Fsp3) is 0.0952. The summed E-state index contributed by atoms with van der Waals surface area (Å²) in [5, 5.41) is 7.77. The van der Waals surface area contributed by atoms with Crippen molar-refractivity contribution in [3.8, 4) is 5.75 Å². The van der Waals surface area contributed by atoms with E-state index in [1.807, 2.05) is 30.3 Å². The third-order valence-electron chi connectivity index (χ3n) is 4.07. The van der Waals surface area contributed by atoms with Crippen LogP contribution in [0.3, 0.4) is 0 Å². The van der Waals surface area contributed by atoms with Gasteiger partial charge in [0, 0.05) is 23.7 Å². The predicted molar refractivity (Wildman–Crippen MR) is 104 cm³/mol. The Kier molecular flexibility index (Phi) is 4.88. The van der Waals surface area contributed by atoms with E-state index in [0.29, 0.717) is 23.6 Å². The Labute approximate surface area is 160 Å². The zero-order valence-corrected chi connectivity index (χ0v) is 14.9. The fourth-order valence-electron chi connectivity index (χ4n) is 2.76. The Morgan fingerprint density at radius 3 is 2.79 bits per heavy atom. The number of anilines is 1. The minimum absolute atomic E-state index is 0.174. The molecular weight excluding hydrogens is 358 g/mol. The highest BCUT2D eigenvalue weighted by Gasteiger charge is 2.07. The third kappa shape index (κ3) is 4.27. The molecule has 4 aromatic rings. The molecule has 0 atom stereocenters. The molecule has 140 valence electrons. The molecule has 0 unspecified atom stereocenters. The van der Waals surface area contributed by atoms with Gasteiger partial charge in [0.1, 0.15) is 11.3 Å². The topological polar surface area (TPSA) is 86.4 Å². The molecule has 2 aromatic heterocycles. The first-order valence-electron chi connectivity index (χ1n) is 8.69. The minimum atomic E-state index is -0.435. The first-order valence-corrected chi connectivity index (χ1v) is 8.69. The van der Waals surface area contributed by atoms with Gasteiger partial charge in [-0.1, -0.05) is 30.3 Å². The molecule has 0 aliphatic carbocycles. The Bertz CT molecular complexity index is 1160. The van der Waals surface area contributed by atoms with E-state index in [9.17, 15) is 9.59 Å². The molecule has 28 heavy (non-hydrogen) atoms. The third-order valence-corrected chi connectivity index (χ3v) is 4.07. The van der Waals surface area contributed by atoms with Crippen LogP contribution < -0.4 is 15.7 Å². The van der Waals surface area contributed by atoms with Gasteiger partial charge in [0.2, 0.25) is 0 Å². The monoisotopic (exact) mass is 375 g/mol. The van der Waals surface area contributed by atoms with E-state index in [1.54, 1.807) is 41.3 Å². The van der Waals surface area contributed by atoms with E-state index in [-0.39, 0.29) is 12.5 Å². The molecule has 0 fully saturated rings. The van der Waals surface area contributed by atoms with E-state index in [0.717, 1.165) is 10.9 Å². The van der Waals surface area contributed by atoms with Crippen LogP contribution >= 0.6 is 0 Å². The summed E-state index contributed by atoms with van der Waals surface area (Å²) in [6.45, 7) is 0.446. The molecule has 4 rings (SSSR count). The molecule has 0 saturated heterocycles. The number of amides is 1. The van der Waals surface area contributed by atoms with Gasteiger partial charge >= 0.3 is 5.63 Å². The lowest BCUT2D eigenvalue weighted by Crippen LogP contribution is -2.19. The van der Waals surface area contributed by atoms with Crippen molar-refractivity contribution >= 4 is 22.6 Å². The van der Waals surface area contributed by atoms with Crippen molar-refractivity contribution in [2.24, 2.45) is 0 Å². The Morgan fingerprint density at radius 2 is 1.93 bits per heavy atom. The molecule has 0 aliphatic heterocycles. The van der Waals surface area contributed by atoms with E-state index in [4.69, 9.17) is 9.15 Å². The molecular formula is C21H17N3O4. The molecule has 2 heterocycles. The maximum absolute atomic E-state index is 12.1. The van der Waals surface area contributed by atoms with Gasteiger partial charge in [0.15, 0.2) is 6.61 Å². The number of aromatic nitrogens is 2. The maximum atomic E-state index is 12.1. The second-order valence-electron chi connectivity index (χ2n) is 6.20. The number of hydrogen-bond acceptors (Lipinski definition) is 5. The summed E-state index contributed by atoms with van der Waals surface area (Å²) < 4.78 is 12.3. The molecule has 0 spiro atoms. The van der Waals surface area contributed by atoms with Gasteiger partial charge in [-0.05, 0) is 23.8 Å². The smallest absolute Gasteiger partial charge is 0.336 e. The van der Waals surface area contributed by atoms with Gasteiger partial charge in [0.25, 0.3) is 5.91 Å². The van der Waals surface area contributed by atoms with E-state index in [1.165, 1.54) is 6.07 Å². The average molecular weight is 375 g/mol. The van der Waals surface area contributed by atoms with E-state index < -0.39 is 5.63 Å². The molecule has 0 radical (unpaired) electrons. The maximum Gasteiger partial charge on any atom is 0.336 e. The summed E-state index contributed by atoms with van der Waals surface area (Å²) in [5.74, 6) is 0.130. The SMILES string of the molecule is O=C(COc1ccc2ccc(=O)oc2c1)Nc1cnn(Cc2ccccc2)c1. The first kappa shape index (κ1) is 17.5. The fourth-order valence-corrected chi connectivity index (χ4v) is 2.76. The largest absolute Gasteiger partial charge is 0.484 e. The molecule has 7 heteroatoms. The summed E-state index contributed by atoms with van der Waals surface area (Å²) in [6, 6.07) is 18.0. The molecule has 1 amide bonds. The number of carbonyl (C=O) groups is 1. The number of nitrogens with one attached hydrogen (secondary N) is 1. The van der Waals surface area contributed by atoms with Gasteiger partial charge in [-0.15, -0.1) is 0 Å². The van der Waals surface area contributed by atoms with Crippen molar-refractivity contribution in [2.75, 3.05) is 11.9 Å². The first-order chi connectivity index (χ1) is 13.7. The van der Waals surface area contributed by atoms with Gasteiger partial charge in [-0.3, -0.25) is 9.48 Å².